The Morgan fingerprint density at radius 3 is 2.48 bits per heavy atom. The highest BCUT2D eigenvalue weighted by atomic mass is 35.5. The fourth-order valence-corrected chi connectivity index (χ4v) is 3.94. The lowest BCUT2D eigenvalue weighted by Crippen LogP contribution is -2.29. The number of aliphatic carboxylic acids is 1. The number of benzene rings is 2. The molecule has 0 unspecified atom stereocenters. The van der Waals surface area contributed by atoms with Gasteiger partial charge < -0.3 is 20.0 Å². The molecule has 1 amide bonds. The van der Waals surface area contributed by atoms with E-state index in [1.807, 2.05) is 24.3 Å². The number of amides is 1. The van der Waals surface area contributed by atoms with E-state index in [1.165, 1.54) is 29.5 Å². The molecule has 0 spiro atoms. The highest BCUT2D eigenvalue weighted by Gasteiger charge is 2.24. The van der Waals surface area contributed by atoms with Crippen molar-refractivity contribution in [2.24, 2.45) is 4.99 Å². The molecule has 1 N–H and O–H groups in total. The van der Waals surface area contributed by atoms with Crippen molar-refractivity contribution in [2.75, 3.05) is 6.61 Å². The smallest absolute Gasteiger partial charge is 0.264 e. The van der Waals surface area contributed by atoms with Crippen LogP contribution >= 0.6 is 35.0 Å². The molecule has 0 atom stereocenters. The average molecular weight is 450 g/mol. The number of hydrogen-bond donors (Lipinski definition) is 1. The first kappa shape index (κ1) is 21.2. The topological polar surface area (TPSA) is 90.8 Å². The van der Waals surface area contributed by atoms with Crippen LogP contribution in [-0.2, 0) is 16.0 Å². The number of carbonyl (C=O) groups excluding carboxylic acids is 2. The number of carboxylic acids is 1. The van der Waals surface area contributed by atoms with E-state index in [9.17, 15) is 14.7 Å². The number of halogens is 2. The summed E-state index contributed by atoms with van der Waals surface area (Å²) in [6, 6.07) is 10.8. The Balaban J connectivity index is 1.79. The first-order valence-corrected chi connectivity index (χ1v) is 10.1. The largest absolute Gasteiger partial charge is 0.546 e. The van der Waals surface area contributed by atoms with Crippen molar-refractivity contribution in [1.29, 1.82) is 0 Å². The van der Waals surface area contributed by atoms with Gasteiger partial charge in [0.2, 0.25) is 0 Å². The Hall–Kier alpha value is -2.48. The van der Waals surface area contributed by atoms with Gasteiger partial charge in [-0.3, -0.25) is 4.79 Å². The molecule has 1 aliphatic rings. The number of carbonyl (C=O) groups is 2. The molecule has 1 saturated heterocycles. The summed E-state index contributed by atoms with van der Waals surface area (Å²) in [4.78, 5) is 27.6. The van der Waals surface area contributed by atoms with Gasteiger partial charge in [-0.15, -0.1) is 0 Å². The number of ether oxygens (including phenoxy) is 1. The van der Waals surface area contributed by atoms with Crippen LogP contribution in [0.4, 0.5) is 5.69 Å². The quantitative estimate of drug-likeness (QED) is 0.680. The number of rotatable bonds is 6. The zero-order valence-electron chi connectivity index (χ0n) is 15.2. The number of nitrogens with one attached hydrogen (secondary N) is 1. The number of carboxylic acid groups (broad SMARTS) is 1. The normalized spacial score (nSPS) is 16.3. The van der Waals surface area contributed by atoms with Crippen molar-refractivity contribution in [3.05, 3.63) is 62.5 Å². The van der Waals surface area contributed by atoms with Gasteiger partial charge in [0.05, 0.1) is 26.6 Å². The Morgan fingerprint density at radius 2 is 1.90 bits per heavy atom. The Bertz CT molecular complexity index is 997. The van der Waals surface area contributed by atoms with Gasteiger partial charge >= 0.3 is 0 Å². The van der Waals surface area contributed by atoms with E-state index < -0.39 is 12.6 Å². The SMILES string of the molecule is CCc1ccc(N=C2NC(=O)/C(=C/c3cc(Cl)c(OCC(=O)[O-])c(Cl)c3)S2)cc1. The molecule has 0 aromatic heterocycles. The molecule has 1 fully saturated rings. The molecule has 2 aromatic rings. The fourth-order valence-electron chi connectivity index (χ4n) is 2.49. The number of thioether (sulfide) groups is 1. The third-order valence-corrected chi connectivity index (χ3v) is 5.35. The second-order valence-corrected chi connectivity index (χ2v) is 7.82. The molecule has 2 aromatic carbocycles. The lowest BCUT2D eigenvalue weighted by molar-refractivity contribution is -0.307. The van der Waals surface area contributed by atoms with Gasteiger partial charge in [-0.05, 0) is 59.7 Å². The summed E-state index contributed by atoms with van der Waals surface area (Å²) >= 11 is 13.4. The van der Waals surface area contributed by atoms with Gasteiger partial charge in [0.1, 0.15) is 6.61 Å². The van der Waals surface area contributed by atoms with Crippen LogP contribution in [0.3, 0.4) is 0 Å². The summed E-state index contributed by atoms with van der Waals surface area (Å²) in [5.41, 5.74) is 2.51. The van der Waals surface area contributed by atoms with Crippen molar-refractivity contribution in [2.45, 2.75) is 13.3 Å². The van der Waals surface area contributed by atoms with E-state index in [2.05, 4.69) is 17.2 Å². The maximum absolute atomic E-state index is 12.3. The minimum atomic E-state index is -1.39. The number of nitrogens with zero attached hydrogens (tertiary/aromatic N) is 1. The van der Waals surface area contributed by atoms with Crippen molar-refractivity contribution in [1.82, 2.24) is 5.32 Å². The van der Waals surface area contributed by atoms with Crippen molar-refractivity contribution < 1.29 is 19.4 Å². The van der Waals surface area contributed by atoms with Gasteiger partial charge in [0.25, 0.3) is 5.91 Å². The Kier molecular flexibility index (Phi) is 6.84. The standard InChI is InChI=1S/C20H16Cl2N2O4S/c1-2-11-3-5-13(6-4-11)23-20-24-19(27)16(29-20)9-12-7-14(21)18(15(22)8-12)28-10-17(25)26/h3-9H,2,10H2,1H3,(H,25,26)(H,23,24,27)/p-1/b16-9-. The summed E-state index contributed by atoms with van der Waals surface area (Å²) in [6.45, 7) is 1.41. The van der Waals surface area contributed by atoms with Crippen LogP contribution in [0.5, 0.6) is 5.75 Å². The van der Waals surface area contributed by atoms with Crippen LogP contribution < -0.4 is 15.2 Å². The minimum absolute atomic E-state index is 0.0426. The molecule has 29 heavy (non-hydrogen) atoms. The number of aryl methyl sites for hydroxylation is 1. The van der Waals surface area contributed by atoms with Crippen LogP contribution in [0.1, 0.15) is 18.1 Å². The minimum Gasteiger partial charge on any atom is -0.546 e. The van der Waals surface area contributed by atoms with Gasteiger partial charge in [0.15, 0.2) is 10.9 Å². The molecule has 3 rings (SSSR count). The van der Waals surface area contributed by atoms with Crippen LogP contribution in [0.25, 0.3) is 6.08 Å². The molecular formula is C20H15Cl2N2O4S-. The molecule has 1 heterocycles. The van der Waals surface area contributed by atoms with Crippen LogP contribution in [0.15, 0.2) is 46.3 Å². The number of hydrogen-bond acceptors (Lipinski definition) is 6. The molecular weight excluding hydrogens is 435 g/mol. The molecule has 9 heteroatoms. The molecule has 1 aliphatic heterocycles. The summed E-state index contributed by atoms with van der Waals surface area (Å²) in [5.74, 6) is -1.64. The van der Waals surface area contributed by atoms with Gasteiger partial charge in [-0.2, -0.15) is 0 Å². The zero-order valence-corrected chi connectivity index (χ0v) is 17.5. The van der Waals surface area contributed by atoms with E-state index in [1.54, 1.807) is 6.08 Å². The van der Waals surface area contributed by atoms with E-state index in [0.717, 1.165) is 12.1 Å². The highest BCUT2D eigenvalue weighted by Crippen LogP contribution is 2.36. The van der Waals surface area contributed by atoms with E-state index in [0.29, 0.717) is 15.6 Å². The highest BCUT2D eigenvalue weighted by molar-refractivity contribution is 8.18. The maximum atomic E-state index is 12.3. The summed E-state index contributed by atoms with van der Waals surface area (Å²) in [5, 5.41) is 14.0. The zero-order chi connectivity index (χ0) is 21.0. The van der Waals surface area contributed by atoms with Crippen molar-refractivity contribution in [3.63, 3.8) is 0 Å². The molecule has 150 valence electrons. The van der Waals surface area contributed by atoms with Gasteiger partial charge in [0, 0.05) is 0 Å². The molecule has 0 bridgehead atoms. The maximum Gasteiger partial charge on any atom is 0.264 e. The summed E-state index contributed by atoms with van der Waals surface area (Å²) < 4.78 is 5.02. The Labute approximate surface area is 181 Å². The monoisotopic (exact) mass is 449 g/mol. The predicted molar refractivity (Wildman–Crippen MR) is 114 cm³/mol. The van der Waals surface area contributed by atoms with Crippen LogP contribution in [-0.4, -0.2) is 23.7 Å². The molecule has 0 aliphatic carbocycles. The average Bonchev–Trinajstić information content (AvgIpc) is 3.00. The second-order valence-electron chi connectivity index (χ2n) is 5.98. The van der Waals surface area contributed by atoms with E-state index >= 15 is 0 Å². The first-order chi connectivity index (χ1) is 13.9. The van der Waals surface area contributed by atoms with Gasteiger partial charge in [-0.1, -0.05) is 42.3 Å². The third-order valence-electron chi connectivity index (χ3n) is 3.88. The van der Waals surface area contributed by atoms with Crippen molar-refractivity contribution >= 4 is 63.8 Å². The first-order valence-electron chi connectivity index (χ1n) is 8.56. The lowest BCUT2D eigenvalue weighted by atomic mass is 10.2. The predicted octanol–water partition coefficient (Wildman–Crippen LogP) is 3.58. The van der Waals surface area contributed by atoms with E-state index in [-0.39, 0.29) is 21.7 Å². The lowest BCUT2D eigenvalue weighted by Gasteiger charge is -2.11. The Morgan fingerprint density at radius 1 is 1.24 bits per heavy atom. The molecule has 0 radical (unpaired) electrons. The van der Waals surface area contributed by atoms with Crippen molar-refractivity contribution in [3.8, 4) is 5.75 Å². The van der Waals surface area contributed by atoms with Crippen LogP contribution in [0, 0.1) is 0 Å². The fraction of sp³-hybridized carbons (Fsp3) is 0.150. The van der Waals surface area contributed by atoms with Crippen LogP contribution in [0.2, 0.25) is 10.0 Å². The second kappa shape index (κ2) is 9.35. The third kappa shape index (κ3) is 5.53. The number of amidine groups is 1. The van der Waals surface area contributed by atoms with E-state index in [4.69, 9.17) is 27.9 Å². The molecule has 0 saturated carbocycles. The van der Waals surface area contributed by atoms with Gasteiger partial charge in [-0.25, -0.2) is 4.99 Å². The summed E-state index contributed by atoms with van der Waals surface area (Å²) in [6.07, 6.45) is 2.56. The number of aliphatic imine (C=N–C) groups is 1. The molecule has 6 nitrogen and oxygen atoms in total. The summed E-state index contributed by atoms with van der Waals surface area (Å²) in [7, 11) is 0.